The predicted molar refractivity (Wildman–Crippen MR) is 67.0 cm³/mol. The van der Waals surface area contributed by atoms with E-state index in [1.54, 1.807) is 0 Å². The lowest BCUT2D eigenvalue weighted by atomic mass is 10.0. The Bertz CT molecular complexity index is 559. The van der Waals surface area contributed by atoms with Crippen LogP contribution in [-0.2, 0) is 13.0 Å². The molecule has 2 nitrogen and oxygen atoms in total. The minimum Gasteiger partial charge on any atom is -0.398 e. The molecule has 0 radical (unpaired) electrons. The molecule has 3 rings (SSSR count). The lowest BCUT2D eigenvalue weighted by molar-refractivity contribution is 1.07. The van der Waals surface area contributed by atoms with Gasteiger partial charge in [-0.15, -0.1) is 0 Å². The normalized spacial score (nSPS) is 12.3. The highest BCUT2D eigenvalue weighted by atomic mass is 14.6. The van der Waals surface area contributed by atoms with E-state index < -0.39 is 0 Å². The fraction of sp³-hybridized carbons (Fsp3) is 0.143. The highest BCUT2D eigenvalue weighted by Crippen LogP contribution is 2.39. The van der Waals surface area contributed by atoms with Gasteiger partial charge >= 0.3 is 0 Å². The molecule has 0 atom stereocenters. The second-order valence-electron chi connectivity index (χ2n) is 4.25. The molecule has 0 amide bonds. The number of rotatable bonds is 1. The van der Waals surface area contributed by atoms with Crippen molar-refractivity contribution in [2.45, 2.75) is 13.0 Å². The van der Waals surface area contributed by atoms with E-state index in [1.807, 2.05) is 6.07 Å². The molecular formula is C14H14N2. The fourth-order valence-electron chi connectivity index (χ4n) is 2.44. The highest BCUT2D eigenvalue weighted by molar-refractivity contribution is 5.82. The summed E-state index contributed by atoms with van der Waals surface area (Å²) in [7, 11) is 0. The van der Waals surface area contributed by atoms with Gasteiger partial charge in [0.2, 0.25) is 0 Å². The van der Waals surface area contributed by atoms with Gasteiger partial charge in [-0.1, -0.05) is 24.3 Å². The summed E-state index contributed by atoms with van der Waals surface area (Å²) in [5, 5.41) is 0. The third-order valence-corrected chi connectivity index (χ3v) is 3.25. The van der Waals surface area contributed by atoms with Gasteiger partial charge < -0.3 is 11.5 Å². The molecule has 0 bridgehead atoms. The van der Waals surface area contributed by atoms with E-state index in [-0.39, 0.29) is 0 Å². The largest absolute Gasteiger partial charge is 0.398 e. The Balaban J connectivity index is 2.27. The van der Waals surface area contributed by atoms with Crippen LogP contribution in [0.5, 0.6) is 0 Å². The Kier molecular flexibility index (Phi) is 1.98. The van der Waals surface area contributed by atoms with Crippen molar-refractivity contribution in [3.63, 3.8) is 0 Å². The van der Waals surface area contributed by atoms with Crippen molar-refractivity contribution in [1.82, 2.24) is 0 Å². The maximum absolute atomic E-state index is 6.07. The average Bonchev–Trinajstić information content (AvgIpc) is 2.68. The minimum atomic E-state index is 0.541. The maximum atomic E-state index is 6.07. The molecule has 2 aromatic carbocycles. The van der Waals surface area contributed by atoms with Crippen molar-refractivity contribution in [2.75, 3.05) is 5.73 Å². The van der Waals surface area contributed by atoms with Gasteiger partial charge in [0, 0.05) is 18.7 Å². The third kappa shape index (κ3) is 1.24. The Morgan fingerprint density at radius 3 is 2.69 bits per heavy atom. The Labute approximate surface area is 94.9 Å². The topological polar surface area (TPSA) is 52.0 Å². The van der Waals surface area contributed by atoms with Crippen molar-refractivity contribution >= 4 is 5.69 Å². The minimum absolute atomic E-state index is 0.541. The predicted octanol–water partition coefficient (Wildman–Crippen LogP) is 2.30. The zero-order valence-electron chi connectivity index (χ0n) is 9.03. The van der Waals surface area contributed by atoms with Crippen LogP contribution in [0.2, 0.25) is 0 Å². The standard InChI is InChI=1S/C14H14N2/c15-8-9-5-12-11-4-2-1-3-10(11)7-13(12)14(16)6-9/h1-6H,7-8,15-16H2. The van der Waals surface area contributed by atoms with E-state index in [4.69, 9.17) is 11.5 Å². The highest BCUT2D eigenvalue weighted by Gasteiger charge is 2.20. The molecule has 0 spiro atoms. The third-order valence-electron chi connectivity index (χ3n) is 3.25. The Morgan fingerprint density at radius 1 is 1.06 bits per heavy atom. The first kappa shape index (κ1) is 9.43. The van der Waals surface area contributed by atoms with Crippen LogP contribution in [0.3, 0.4) is 0 Å². The molecule has 16 heavy (non-hydrogen) atoms. The van der Waals surface area contributed by atoms with Crippen LogP contribution < -0.4 is 11.5 Å². The van der Waals surface area contributed by atoms with Crippen molar-refractivity contribution in [2.24, 2.45) is 5.73 Å². The molecule has 0 aliphatic heterocycles. The van der Waals surface area contributed by atoms with E-state index >= 15 is 0 Å². The van der Waals surface area contributed by atoms with Crippen LogP contribution in [0.15, 0.2) is 36.4 Å². The quantitative estimate of drug-likeness (QED) is 0.605. The molecule has 4 N–H and O–H groups in total. The lowest BCUT2D eigenvalue weighted by Gasteiger charge is -2.07. The Hall–Kier alpha value is -1.80. The van der Waals surface area contributed by atoms with Crippen LogP contribution in [0.1, 0.15) is 16.7 Å². The van der Waals surface area contributed by atoms with Crippen LogP contribution in [0.25, 0.3) is 11.1 Å². The summed E-state index contributed by atoms with van der Waals surface area (Å²) in [4.78, 5) is 0. The second kappa shape index (κ2) is 3.35. The lowest BCUT2D eigenvalue weighted by Crippen LogP contribution is -2.00. The van der Waals surface area contributed by atoms with Gasteiger partial charge in [-0.25, -0.2) is 0 Å². The maximum Gasteiger partial charge on any atom is 0.0359 e. The molecule has 0 aromatic heterocycles. The number of hydrogen-bond acceptors (Lipinski definition) is 2. The van der Waals surface area contributed by atoms with E-state index in [9.17, 15) is 0 Å². The van der Waals surface area contributed by atoms with Gasteiger partial charge in [-0.2, -0.15) is 0 Å². The number of fused-ring (bicyclic) bond motifs is 3. The van der Waals surface area contributed by atoms with Gasteiger partial charge in [0.1, 0.15) is 0 Å². The molecular weight excluding hydrogens is 196 g/mol. The monoisotopic (exact) mass is 210 g/mol. The molecule has 0 saturated heterocycles. The molecule has 0 saturated carbocycles. The fourth-order valence-corrected chi connectivity index (χ4v) is 2.44. The zero-order chi connectivity index (χ0) is 11.1. The first-order valence-electron chi connectivity index (χ1n) is 5.49. The molecule has 0 unspecified atom stereocenters. The smallest absolute Gasteiger partial charge is 0.0359 e. The number of nitrogens with two attached hydrogens (primary N) is 2. The van der Waals surface area contributed by atoms with Gasteiger partial charge in [0.15, 0.2) is 0 Å². The Morgan fingerprint density at radius 2 is 1.88 bits per heavy atom. The summed E-state index contributed by atoms with van der Waals surface area (Å²) in [5.74, 6) is 0. The molecule has 0 heterocycles. The molecule has 2 heteroatoms. The van der Waals surface area contributed by atoms with Gasteiger partial charge in [-0.05, 0) is 39.9 Å². The number of anilines is 1. The first-order valence-corrected chi connectivity index (χ1v) is 5.49. The SMILES string of the molecule is NCc1cc(N)c2c(c1)-c1ccccc1C2. The van der Waals surface area contributed by atoms with Crippen LogP contribution in [0.4, 0.5) is 5.69 Å². The summed E-state index contributed by atoms with van der Waals surface area (Å²) in [6.07, 6.45) is 0.947. The zero-order valence-corrected chi connectivity index (χ0v) is 9.03. The summed E-state index contributed by atoms with van der Waals surface area (Å²) in [6, 6.07) is 12.6. The van der Waals surface area contributed by atoms with E-state index in [0.29, 0.717) is 6.54 Å². The number of benzene rings is 2. The van der Waals surface area contributed by atoms with E-state index in [0.717, 1.165) is 17.7 Å². The van der Waals surface area contributed by atoms with E-state index in [1.165, 1.54) is 22.3 Å². The second-order valence-corrected chi connectivity index (χ2v) is 4.25. The van der Waals surface area contributed by atoms with Gasteiger partial charge in [0.05, 0.1) is 0 Å². The summed E-state index contributed by atoms with van der Waals surface area (Å²) in [5.41, 5.74) is 18.9. The molecule has 1 aliphatic carbocycles. The summed E-state index contributed by atoms with van der Waals surface area (Å²) in [6.45, 7) is 0.541. The molecule has 0 fully saturated rings. The average molecular weight is 210 g/mol. The van der Waals surface area contributed by atoms with Gasteiger partial charge in [-0.3, -0.25) is 0 Å². The van der Waals surface area contributed by atoms with Crippen molar-refractivity contribution in [3.05, 3.63) is 53.1 Å². The van der Waals surface area contributed by atoms with Crippen LogP contribution in [-0.4, -0.2) is 0 Å². The van der Waals surface area contributed by atoms with Crippen molar-refractivity contribution in [3.8, 4) is 11.1 Å². The molecule has 1 aliphatic rings. The summed E-state index contributed by atoms with van der Waals surface area (Å²) >= 11 is 0. The molecule has 2 aromatic rings. The van der Waals surface area contributed by atoms with Crippen molar-refractivity contribution in [1.29, 1.82) is 0 Å². The van der Waals surface area contributed by atoms with Crippen LogP contribution in [0, 0.1) is 0 Å². The van der Waals surface area contributed by atoms with Crippen molar-refractivity contribution < 1.29 is 0 Å². The first-order chi connectivity index (χ1) is 7.79. The number of hydrogen-bond donors (Lipinski definition) is 2. The number of nitrogen functional groups attached to an aromatic ring is 1. The van der Waals surface area contributed by atoms with Crippen LogP contribution >= 0.6 is 0 Å². The van der Waals surface area contributed by atoms with E-state index in [2.05, 4.69) is 30.3 Å². The molecule has 80 valence electrons. The van der Waals surface area contributed by atoms with Gasteiger partial charge in [0.25, 0.3) is 0 Å². The summed E-state index contributed by atoms with van der Waals surface area (Å²) < 4.78 is 0.